The summed E-state index contributed by atoms with van der Waals surface area (Å²) in [6.45, 7) is 6.01. The molecule has 2 nitrogen and oxygen atoms in total. The van der Waals surface area contributed by atoms with Crippen LogP contribution in [0.2, 0.25) is 0 Å². The van der Waals surface area contributed by atoms with Crippen molar-refractivity contribution in [3.8, 4) is 0 Å². The molecule has 0 fully saturated rings. The second-order valence-electron chi connectivity index (χ2n) is 3.59. The quantitative estimate of drug-likeness (QED) is 0.644. The summed E-state index contributed by atoms with van der Waals surface area (Å²) in [5, 5.41) is 0. The maximum Gasteiger partial charge on any atom is 0.146 e. The van der Waals surface area contributed by atoms with Gasteiger partial charge in [0.15, 0.2) is 0 Å². The van der Waals surface area contributed by atoms with E-state index in [1.54, 1.807) is 6.92 Å². The van der Waals surface area contributed by atoms with Gasteiger partial charge in [-0.15, -0.1) is 0 Å². The number of carbonyl (C=O) groups is 1. The number of ketones is 1. The minimum atomic E-state index is -0.246. The first-order chi connectivity index (χ1) is 6.07. The predicted octanol–water partition coefficient (Wildman–Crippen LogP) is 2.07. The number of thioether (sulfide) groups is 1. The van der Waals surface area contributed by atoms with Gasteiger partial charge >= 0.3 is 0 Å². The fourth-order valence-corrected chi connectivity index (χ4v) is 2.04. The SMILES string of the molecule is CC[C@@H](C)CSCC[C@H](N)C(C)=O. The molecule has 0 aromatic carbocycles. The van der Waals surface area contributed by atoms with Crippen molar-refractivity contribution in [2.45, 2.75) is 39.7 Å². The molecule has 0 aliphatic rings. The van der Waals surface area contributed by atoms with Gasteiger partial charge in [0.1, 0.15) is 5.78 Å². The van der Waals surface area contributed by atoms with Crippen molar-refractivity contribution in [3.05, 3.63) is 0 Å². The first kappa shape index (κ1) is 13.0. The summed E-state index contributed by atoms with van der Waals surface area (Å²) in [6.07, 6.45) is 2.04. The van der Waals surface area contributed by atoms with Crippen molar-refractivity contribution in [1.82, 2.24) is 0 Å². The molecule has 2 atom stereocenters. The Labute approximate surface area is 85.6 Å². The first-order valence-electron chi connectivity index (χ1n) is 4.91. The molecule has 0 rings (SSSR count). The summed E-state index contributed by atoms with van der Waals surface area (Å²) in [4.78, 5) is 10.8. The number of nitrogens with two attached hydrogens (primary N) is 1. The van der Waals surface area contributed by atoms with E-state index in [0.29, 0.717) is 0 Å². The minimum Gasteiger partial charge on any atom is -0.321 e. The molecule has 78 valence electrons. The molecule has 0 radical (unpaired) electrons. The zero-order valence-corrected chi connectivity index (χ0v) is 9.69. The molecular formula is C10H21NOS. The molecule has 0 aliphatic heterocycles. The molecule has 0 saturated carbocycles. The van der Waals surface area contributed by atoms with E-state index in [1.807, 2.05) is 11.8 Å². The summed E-state index contributed by atoms with van der Waals surface area (Å²) >= 11 is 1.90. The van der Waals surface area contributed by atoms with Crippen LogP contribution in [0.25, 0.3) is 0 Å². The molecule has 0 aromatic rings. The van der Waals surface area contributed by atoms with Gasteiger partial charge in [0, 0.05) is 0 Å². The first-order valence-corrected chi connectivity index (χ1v) is 6.07. The van der Waals surface area contributed by atoms with E-state index in [0.717, 1.165) is 18.1 Å². The Hall–Kier alpha value is -0.0200. The lowest BCUT2D eigenvalue weighted by atomic mass is 10.2. The van der Waals surface area contributed by atoms with Gasteiger partial charge in [-0.2, -0.15) is 11.8 Å². The van der Waals surface area contributed by atoms with Crippen LogP contribution in [0, 0.1) is 5.92 Å². The van der Waals surface area contributed by atoms with E-state index >= 15 is 0 Å². The van der Waals surface area contributed by atoms with Crippen LogP contribution in [0.4, 0.5) is 0 Å². The highest BCUT2D eigenvalue weighted by atomic mass is 32.2. The average molecular weight is 203 g/mol. The van der Waals surface area contributed by atoms with Gasteiger partial charge in [-0.3, -0.25) is 4.79 Å². The molecule has 0 amide bonds. The van der Waals surface area contributed by atoms with Crippen LogP contribution in [0.5, 0.6) is 0 Å². The zero-order chi connectivity index (χ0) is 10.3. The second-order valence-corrected chi connectivity index (χ2v) is 4.74. The van der Waals surface area contributed by atoms with Crippen LogP contribution in [-0.4, -0.2) is 23.3 Å². The lowest BCUT2D eigenvalue weighted by Crippen LogP contribution is -2.28. The molecule has 0 aliphatic carbocycles. The van der Waals surface area contributed by atoms with Crippen LogP contribution in [0.1, 0.15) is 33.6 Å². The average Bonchev–Trinajstić information content (AvgIpc) is 2.11. The highest BCUT2D eigenvalue weighted by Gasteiger charge is 2.07. The highest BCUT2D eigenvalue weighted by Crippen LogP contribution is 2.12. The van der Waals surface area contributed by atoms with Crippen LogP contribution in [-0.2, 0) is 4.79 Å². The lowest BCUT2D eigenvalue weighted by molar-refractivity contribution is -0.118. The Kier molecular flexibility index (Phi) is 7.38. The summed E-state index contributed by atoms with van der Waals surface area (Å²) in [5.41, 5.74) is 5.60. The summed E-state index contributed by atoms with van der Waals surface area (Å²) in [6, 6.07) is -0.246. The molecule has 0 unspecified atom stereocenters. The third-order valence-electron chi connectivity index (χ3n) is 2.19. The Morgan fingerprint density at radius 3 is 2.62 bits per heavy atom. The van der Waals surface area contributed by atoms with Crippen molar-refractivity contribution < 1.29 is 4.79 Å². The number of rotatable bonds is 7. The van der Waals surface area contributed by atoms with Gasteiger partial charge in [0.25, 0.3) is 0 Å². The Balaban J connectivity index is 3.30. The van der Waals surface area contributed by atoms with Gasteiger partial charge in [-0.25, -0.2) is 0 Å². The van der Waals surface area contributed by atoms with E-state index < -0.39 is 0 Å². The van der Waals surface area contributed by atoms with E-state index in [9.17, 15) is 4.79 Å². The van der Waals surface area contributed by atoms with Crippen molar-refractivity contribution >= 4 is 17.5 Å². The predicted molar refractivity (Wildman–Crippen MR) is 60.1 cm³/mol. The van der Waals surface area contributed by atoms with Crippen molar-refractivity contribution in [2.75, 3.05) is 11.5 Å². The third-order valence-corrected chi connectivity index (χ3v) is 3.52. The summed E-state index contributed by atoms with van der Waals surface area (Å²) in [7, 11) is 0. The second kappa shape index (κ2) is 7.39. The van der Waals surface area contributed by atoms with Crippen molar-refractivity contribution in [1.29, 1.82) is 0 Å². The molecule has 0 saturated heterocycles. The zero-order valence-electron chi connectivity index (χ0n) is 8.88. The largest absolute Gasteiger partial charge is 0.321 e. The molecule has 2 N–H and O–H groups in total. The Morgan fingerprint density at radius 2 is 2.15 bits per heavy atom. The van der Waals surface area contributed by atoms with E-state index in [4.69, 9.17) is 5.73 Å². The van der Waals surface area contributed by atoms with Gasteiger partial charge < -0.3 is 5.73 Å². The fourth-order valence-electron chi connectivity index (χ4n) is 0.816. The number of Topliss-reactive ketones (excluding diaryl/α,β-unsaturated/α-hetero) is 1. The van der Waals surface area contributed by atoms with E-state index in [2.05, 4.69) is 13.8 Å². The van der Waals surface area contributed by atoms with Crippen LogP contribution in [0.15, 0.2) is 0 Å². The molecule has 3 heteroatoms. The monoisotopic (exact) mass is 203 g/mol. The molecule has 13 heavy (non-hydrogen) atoms. The standard InChI is InChI=1S/C10H21NOS/c1-4-8(2)7-13-6-5-10(11)9(3)12/h8,10H,4-7,11H2,1-3H3/t8-,10+/m1/s1. The number of carbonyl (C=O) groups excluding carboxylic acids is 1. The number of hydrogen-bond donors (Lipinski definition) is 1. The lowest BCUT2D eigenvalue weighted by Gasteiger charge is -2.09. The molecule has 0 bridgehead atoms. The maximum atomic E-state index is 10.8. The summed E-state index contributed by atoms with van der Waals surface area (Å²) in [5.74, 6) is 3.06. The minimum absolute atomic E-state index is 0.101. The van der Waals surface area contributed by atoms with Crippen LogP contribution < -0.4 is 5.73 Å². The Morgan fingerprint density at radius 1 is 1.54 bits per heavy atom. The van der Waals surface area contributed by atoms with Gasteiger partial charge in [0.05, 0.1) is 6.04 Å². The topological polar surface area (TPSA) is 43.1 Å². The van der Waals surface area contributed by atoms with Crippen molar-refractivity contribution in [3.63, 3.8) is 0 Å². The van der Waals surface area contributed by atoms with E-state index in [-0.39, 0.29) is 11.8 Å². The maximum absolute atomic E-state index is 10.8. The van der Waals surface area contributed by atoms with Gasteiger partial charge in [-0.05, 0) is 30.8 Å². The van der Waals surface area contributed by atoms with E-state index in [1.165, 1.54) is 12.2 Å². The molecular weight excluding hydrogens is 182 g/mol. The normalized spacial score (nSPS) is 15.4. The molecule has 0 spiro atoms. The Bertz CT molecular complexity index is 150. The van der Waals surface area contributed by atoms with Crippen molar-refractivity contribution in [2.24, 2.45) is 11.7 Å². The number of hydrogen-bond acceptors (Lipinski definition) is 3. The molecule has 0 aromatic heterocycles. The smallest absolute Gasteiger partial charge is 0.146 e. The third kappa shape index (κ3) is 7.08. The van der Waals surface area contributed by atoms with Gasteiger partial charge in [0.2, 0.25) is 0 Å². The summed E-state index contributed by atoms with van der Waals surface area (Å²) < 4.78 is 0. The fraction of sp³-hybridized carbons (Fsp3) is 0.900. The highest BCUT2D eigenvalue weighted by molar-refractivity contribution is 7.99. The van der Waals surface area contributed by atoms with Crippen LogP contribution >= 0.6 is 11.8 Å². The van der Waals surface area contributed by atoms with Crippen LogP contribution in [0.3, 0.4) is 0 Å². The molecule has 0 heterocycles. The van der Waals surface area contributed by atoms with Gasteiger partial charge in [-0.1, -0.05) is 20.3 Å².